The van der Waals surface area contributed by atoms with Crippen molar-refractivity contribution in [3.05, 3.63) is 17.7 Å². The van der Waals surface area contributed by atoms with Crippen LogP contribution in [0.25, 0.3) is 0 Å². The van der Waals surface area contributed by atoms with Gasteiger partial charge in [-0.2, -0.15) is 0 Å². The summed E-state index contributed by atoms with van der Waals surface area (Å²) in [4.78, 5) is 10.9. The Balaban J connectivity index is 3.03. The second kappa shape index (κ2) is 4.71. The van der Waals surface area contributed by atoms with Gasteiger partial charge in [0.2, 0.25) is 5.91 Å². The highest BCUT2D eigenvalue weighted by molar-refractivity contribution is 5.76. The van der Waals surface area contributed by atoms with Gasteiger partial charge in [0.1, 0.15) is 5.75 Å². The van der Waals surface area contributed by atoms with Crippen LogP contribution in [0.4, 0.5) is 0 Å². The average Bonchev–Trinajstić information content (AvgIpc) is 2.24. The molecule has 6 nitrogen and oxygen atoms in total. The predicted octanol–water partition coefficient (Wildman–Crippen LogP) is 0.802. The summed E-state index contributed by atoms with van der Waals surface area (Å²) < 4.78 is 0. The van der Waals surface area contributed by atoms with Crippen LogP contribution in [0.5, 0.6) is 17.2 Å². The number of hydrogen-bond acceptors (Lipinski definition) is 5. The molecular weight excluding hydrogens is 214 g/mol. The van der Waals surface area contributed by atoms with Crippen molar-refractivity contribution in [1.29, 1.82) is 0 Å². The van der Waals surface area contributed by atoms with Gasteiger partial charge in [-0.05, 0) is 18.1 Å². The highest BCUT2D eigenvalue weighted by Crippen LogP contribution is 2.40. The summed E-state index contributed by atoms with van der Waals surface area (Å²) in [6, 6.07) is 2.37. The molecule has 0 fully saturated rings. The number of phenols is 3. The lowest BCUT2D eigenvalue weighted by Gasteiger charge is -2.14. The Labute approximate surface area is 91.7 Å². The van der Waals surface area contributed by atoms with Gasteiger partial charge >= 0.3 is 0 Å². The molecule has 1 unspecified atom stereocenters. The van der Waals surface area contributed by atoms with Crippen molar-refractivity contribution in [3.63, 3.8) is 0 Å². The normalized spacial score (nSPS) is 12.1. The van der Waals surface area contributed by atoms with Gasteiger partial charge in [0.25, 0.3) is 0 Å². The number of benzene rings is 1. The smallest absolute Gasteiger partial charge is 0.243 e. The number of rotatable bonds is 3. The SMILES string of the molecule is CC(CC(=O)NO)c1c(O)ccc(O)c1O. The minimum atomic E-state index is -0.644. The van der Waals surface area contributed by atoms with Crippen LogP contribution in [0.3, 0.4) is 0 Å². The molecule has 0 radical (unpaired) electrons. The van der Waals surface area contributed by atoms with Gasteiger partial charge in [0.15, 0.2) is 11.5 Å². The lowest BCUT2D eigenvalue weighted by Crippen LogP contribution is -2.20. The van der Waals surface area contributed by atoms with E-state index in [1.54, 1.807) is 6.92 Å². The van der Waals surface area contributed by atoms with Crippen molar-refractivity contribution in [2.45, 2.75) is 19.3 Å². The topological polar surface area (TPSA) is 110 Å². The van der Waals surface area contributed by atoms with Crippen molar-refractivity contribution >= 4 is 5.91 Å². The molecule has 0 heterocycles. The van der Waals surface area contributed by atoms with E-state index in [1.165, 1.54) is 11.5 Å². The highest BCUT2D eigenvalue weighted by atomic mass is 16.5. The Morgan fingerprint density at radius 2 is 1.88 bits per heavy atom. The maximum absolute atomic E-state index is 10.9. The molecule has 0 aromatic heterocycles. The molecule has 1 atom stereocenters. The van der Waals surface area contributed by atoms with Gasteiger partial charge in [-0.3, -0.25) is 10.0 Å². The molecule has 0 spiro atoms. The molecule has 1 amide bonds. The Morgan fingerprint density at radius 3 is 2.44 bits per heavy atom. The molecule has 1 aromatic rings. The van der Waals surface area contributed by atoms with Crippen LogP contribution in [-0.2, 0) is 4.79 Å². The van der Waals surface area contributed by atoms with Crippen molar-refractivity contribution < 1.29 is 25.3 Å². The third-order valence-electron chi connectivity index (χ3n) is 2.28. The van der Waals surface area contributed by atoms with Crippen LogP contribution >= 0.6 is 0 Å². The molecule has 0 bridgehead atoms. The van der Waals surface area contributed by atoms with E-state index in [9.17, 15) is 20.1 Å². The summed E-state index contributed by atoms with van der Waals surface area (Å²) >= 11 is 0. The van der Waals surface area contributed by atoms with Gasteiger partial charge in [0.05, 0.1) is 0 Å². The van der Waals surface area contributed by atoms with E-state index in [0.717, 1.165) is 6.07 Å². The minimum absolute atomic E-state index is 0.0728. The summed E-state index contributed by atoms with van der Waals surface area (Å²) in [7, 11) is 0. The first-order valence-electron chi connectivity index (χ1n) is 4.64. The number of nitrogens with one attached hydrogen (secondary N) is 1. The molecular formula is C10H13NO5. The van der Waals surface area contributed by atoms with Gasteiger partial charge < -0.3 is 15.3 Å². The third kappa shape index (κ3) is 2.34. The number of amides is 1. The molecule has 1 rings (SSSR count). The fourth-order valence-electron chi connectivity index (χ4n) is 1.50. The number of hydrogen-bond donors (Lipinski definition) is 5. The number of phenolic OH excluding ortho intramolecular Hbond substituents is 3. The summed E-state index contributed by atoms with van der Waals surface area (Å²) in [5, 5.41) is 36.6. The average molecular weight is 227 g/mol. The molecule has 6 heteroatoms. The van der Waals surface area contributed by atoms with E-state index in [0.29, 0.717) is 0 Å². The fourth-order valence-corrected chi connectivity index (χ4v) is 1.50. The first kappa shape index (κ1) is 12.1. The first-order valence-corrected chi connectivity index (χ1v) is 4.64. The molecule has 0 aliphatic heterocycles. The first-order chi connectivity index (χ1) is 7.47. The van der Waals surface area contributed by atoms with Crippen LogP contribution in [-0.4, -0.2) is 26.4 Å². The zero-order valence-corrected chi connectivity index (χ0v) is 8.64. The highest BCUT2D eigenvalue weighted by Gasteiger charge is 2.20. The zero-order valence-electron chi connectivity index (χ0n) is 8.64. The lowest BCUT2D eigenvalue weighted by molar-refractivity contribution is -0.129. The zero-order chi connectivity index (χ0) is 12.3. The second-order valence-electron chi connectivity index (χ2n) is 3.51. The Kier molecular flexibility index (Phi) is 3.57. The monoisotopic (exact) mass is 227 g/mol. The largest absolute Gasteiger partial charge is 0.508 e. The van der Waals surface area contributed by atoms with Crippen molar-refractivity contribution in [2.75, 3.05) is 0 Å². The summed E-state index contributed by atoms with van der Waals surface area (Å²) in [5.74, 6) is -2.23. The lowest BCUT2D eigenvalue weighted by atomic mass is 9.95. The molecule has 5 N–H and O–H groups in total. The fraction of sp³-hybridized carbons (Fsp3) is 0.300. The van der Waals surface area contributed by atoms with Crippen LogP contribution in [0.2, 0.25) is 0 Å². The Bertz CT molecular complexity index is 404. The molecule has 0 aliphatic carbocycles. The van der Waals surface area contributed by atoms with E-state index in [4.69, 9.17) is 5.21 Å². The van der Waals surface area contributed by atoms with E-state index >= 15 is 0 Å². The van der Waals surface area contributed by atoms with Gasteiger partial charge in [-0.25, -0.2) is 5.48 Å². The Hall–Kier alpha value is -1.95. The van der Waals surface area contributed by atoms with Gasteiger partial charge in [-0.15, -0.1) is 0 Å². The summed E-state index contributed by atoms with van der Waals surface area (Å²) in [6.45, 7) is 1.57. The Morgan fingerprint density at radius 1 is 1.31 bits per heavy atom. The van der Waals surface area contributed by atoms with E-state index in [2.05, 4.69) is 0 Å². The molecule has 88 valence electrons. The number of carbonyl (C=O) groups is 1. The van der Waals surface area contributed by atoms with E-state index in [1.807, 2.05) is 0 Å². The van der Waals surface area contributed by atoms with Gasteiger partial charge in [-0.1, -0.05) is 6.92 Å². The molecule has 0 saturated carbocycles. The van der Waals surface area contributed by atoms with Crippen molar-refractivity contribution in [2.24, 2.45) is 0 Å². The van der Waals surface area contributed by atoms with Crippen molar-refractivity contribution in [3.8, 4) is 17.2 Å². The molecule has 0 saturated heterocycles. The van der Waals surface area contributed by atoms with Crippen LogP contribution in [0, 0.1) is 0 Å². The molecule has 1 aromatic carbocycles. The quantitative estimate of drug-likeness (QED) is 0.227. The maximum atomic E-state index is 10.9. The number of carbonyl (C=O) groups excluding carboxylic acids is 1. The van der Waals surface area contributed by atoms with Crippen LogP contribution in [0.1, 0.15) is 24.8 Å². The molecule has 0 aliphatic rings. The van der Waals surface area contributed by atoms with Crippen molar-refractivity contribution in [1.82, 2.24) is 5.48 Å². The van der Waals surface area contributed by atoms with E-state index < -0.39 is 17.6 Å². The van der Waals surface area contributed by atoms with E-state index in [-0.39, 0.29) is 23.5 Å². The number of hydroxylamine groups is 1. The third-order valence-corrected chi connectivity index (χ3v) is 2.28. The van der Waals surface area contributed by atoms with Gasteiger partial charge in [0, 0.05) is 12.0 Å². The minimum Gasteiger partial charge on any atom is -0.508 e. The number of aromatic hydroxyl groups is 3. The summed E-state index contributed by atoms with van der Waals surface area (Å²) in [5.41, 5.74) is 1.53. The second-order valence-corrected chi connectivity index (χ2v) is 3.51. The standard InChI is InChI=1S/C10H13NO5/c1-5(4-8(14)11-16)9-6(12)2-3-7(13)10(9)15/h2-3,5,12-13,15-16H,4H2,1H3,(H,11,14). The summed E-state index contributed by atoms with van der Waals surface area (Å²) in [6.07, 6.45) is -0.124. The predicted molar refractivity (Wildman–Crippen MR) is 54.4 cm³/mol. The van der Waals surface area contributed by atoms with Crippen LogP contribution < -0.4 is 5.48 Å². The van der Waals surface area contributed by atoms with Crippen LogP contribution in [0.15, 0.2) is 12.1 Å². The molecule has 16 heavy (non-hydrogen) atoms. The maximum Gasteiger partial charge on any atom is 0.243 e.